The quantitative estimate of drug-likeness (QED) is 0.271. The lowest BCUT2D eigenvalue weighted by Crippen LogP contribution is -2.12. The van der Waals surface area contributed by atoms with Crippen LogP contribution in [0.1, 0.15) is 22.8 Å². The molecule has 0 unspecified atom stereocenters. The van der Waals surface area contributed by atoms with Gasteiger partial charge in [0.1, 0.15) is 10.6 Å². The second kappa shape index (κ2) is 10.3. The highest BCUT2D eigenvalue weighted by Crippen LogP contribution is 2.36. The van der Waals surface area contributed by atoms with Gasteiger partial charge in [-0.15, -0.1) is 11.3 Å². The van der Waals surface area contributed by atoms with Crippen molar-refractivity contribution in [1.29, 1.82) is 0 Å². The summed E-state index contributed by atoms with van der Waals surface area (Å²) in [5, 5.41) is 5.87. The van der Waals surface area contributed by atoms with E-state index in [4.69, 9.17) is 27.9 Å². The Kier molecular flexibility index (Phi) is 7.72. The average molecular weight is 525 g/mol. The van der Waals surface area contributed by atoms with Gasteiger partial charge in [0.25, 0.3) is 0 Å². The fourth-order valence-electron chi connectivity index (χ4n) is 2.64. The van der Waals surface area contributed by atoms with Gasteiger partial charge in [0, 0.05) is 21.5 Å². The maximum Gasteiger partial charge on any atom is 0.341 e. The molecule has 0 atom stereocenters. The third-order valence-electron chi connectivity index (χ3n) is 4.03. The second-order valence-corrected chi connectivity index (χ2v) is 8.69. The molecule has 8 heteroatoms. The highest BCUT2D eigenvalue weighted by atomic mass is 79.9. The molecule has 1 aromatic heterocycles. The molecule has 3 rings (SSSR count). The fourth-order valence-corrected chi connectivity index (χ4v) is 4.17. The number of hydrogen-bond donors (Lipinski definition) is 1. The third kappa shape index (κ3) is 5.52. The summed E-state index contributed by atoms with van der Waals surface area (Å²) in [6, 6.07) is 12.6. The van der Waals surface area contributed by atoms with Gasteiger partial charge in [0.05, 0.1) is 16.7 Å². The van der Waals surface area contributed by atoms with Crippen molar-refractivity contribution in [2.45, 2.75) is 6.92 Å². The molecule has 154 valence electrons. The number of anilines is 1. The molecule has 0 saturated heterocycles. The van der Waals surface area contributed by atoms with E-state index in [2.05, 4.69) is 21.2 Å². The summed E-state index contributed by atoms with van der Waals surface area (Å²) in [5.41, 5.74) is 2.62. The standard InChI is InChI=1S/C22H16BrCl2NO3S/c1-2-29-22(28)20-16(14-5-7-15(23)8-6-14)12-30-21(20)26-19(27)10-4-13-3-9-17(24)18(25)11-13/h3-12H,2H2,1H3,(H,26,27). The van der Waals surface area contributed by atoms with Crippen LogP contribution >= 0.6 is 50.5 Å². The lowest BCUT2D eigenvalue weighted by molar-refractivity contribution is -0.111. The zero-order valence-corrected chi connectivity index (χ0v) is 19.7. The number of halogens is 3. The number of esters is 1. The van der Waals surface area contributed by atoms with Crippen LogP contribution in [0.3, 0.4) is 0 Å². The second-order valence-electron chi connectivity index (χ2n) is 6.08. The van der Waals surface area contributed by atoms with Crippen LogP contribution in [-0.2, 0) is 9.53 Å². The predicted octanol–water partition coefficient (Wildman–Crippen LogP) is 7.31. The maximum atomic E-state index is 12.6. The summed E-state index contributed by atoms with van der Waals surface area (Å²) in [6.45, 7) is 1.97. The third-order valence-corrected chi connectivity index (χ3v) is 6.20. The van der Waals surface area contributed by atoms with E-state index in [1.807, 2.05) is 29.6 Å². The first-order valence-corrected chi connectivity index (χ1v) is 11.3. The Hall–Kier alpha value is -2.12. The van der Waals surface area contributed by atoms with Crippen molar-refractivity contribution in [2.75, 3.05) is 11.9 Å². The van der Waals surface area contributed by atoms with E-state index in [0.717, 1.165) is 15.6 Å². The van der Waals surface area contributed by atoms with E-state index in [-0.39, 0.29) is 12.5 Å². The van der Waals surface area contributed by atoms with Crippen LogP contribution < -0.4 is 5.32 Å². The van der Waals surface area contributed by atoms with Gasteiger partial charge in [-0.1, -0.05) is 57.3 Å². The van der Waals surface area contributed by atoms with Crippen LogP contribution in [0.15, 0.2) is 58.4 Å². The number of amides is 1. The number of carbonyl (C=O) groups excluding carboxylic acids is 2. The van der Waals surface area contributed by atoms with Crippen molar-refractivity contribution in [3.8, 4) is 11.1 Å². The van der Waals surface area contributed by atoms with E-state index in [1.165, 1.54) is 17.4 Å². The van der Waals surface area contributed by atoms with Gasteiger partial charge in [0.15, 0.2) is 0 Å². The van der Waals surface area contributed by atoms with Gasteiger partial charge in [0.2, 0.25) is 5.91 Å². The van der Waals surface area contributed by atoms with Crippen molar-refractivity contribution in [3.63, 3.8) is 0 Å². The minimum atomic E-state index is -0.486. The summed E-state index contributed by atoms with van der Waals surface area (Å²) in [5.74, 6) is -0.865. The molecule has 1 heterocycles. The summed E-state index contributed by atoms with van der Waals surface area (Å²) in [4.78, 5) is 25.0. The Morgan fingerprint density at radius 2 is 1.87 bits per heavy atom. The van der Waals surface area contributed by atoms with Gasteiger partial charge < -0.3 is 10.1 Å². The van der Waals surface area contributed by atoms with E-state index in [1.54, 1.807) is 31.2 Å². The number of ether oxygens (including phenoxy) is 1. The summed E-state index contributed by atoms with van der Waals surface area (Å²) >= 11 is 16.6. The van der Waals surface area contributed by atoms with Crippen LogP contribution in [0, 0.1) is 0 Å². The van der Waals surface area contributed by atoms with Crippen molar-refractivity contribution in [1.82, 2.24) is 0 Å². The van der Waals surface area contributed by atoms with Crippen LogP contribution in [0.2, 0.25) is 10.0 Å². The topological polar surface area (TPSA) is 55.4 Å². The number of hydrogen-bond acceptors (Lipinski definition) is 4. The Balaban J connectivity index is 1.86. The molecule has 0 spiro atoms. The van der Waals surface area contributed by atoms with Crippen LogP contribution in [-0.4, -0.2) is 18.5 Å². The average Bonchev–Trinajstić information content (AvgIpc) is 3.13. The number of rotatable bonds is 6. The molecular weight excluding hydrogens is 509 g/mol. The van der Waals surface area contributed by atoms with Gasteiger partial charge in [-0.3, -0.25) is 4.79 Å². The molecule has 0 bridgehead atoms. The van der Waals surface area contributed by atoms with Crippen molar-refractivity contribution in [2.24, 2.45) is 0 Å². The van der Waals surface area contributed by atoms with Gasteiger partial charge in [-0.2, -0.15) is 0 Å². The van der Waals surface area contributed by atoms with Crippen molar-refractivity contribution < 1.29 is 14.3 Å². The number of carbonyl (C=O) groups is 2. The van der Waals surface area contributed by atoms with Crippen LogP contribution in [0.25, 0.3) is 17.2 Å². The summed E-state index contributed by atoms with van der Waals surface area (Å²) in [7, 11) is 0. The Labute approximate surface area is 196 Å². The maximum absolute atomic E-state index is 12.6. The Bertz CT molecular complexity index is 1110. The van der Waals surface area contributed by atoms with E-state index < -0.39 is 5.97 Å². The smallest absolute Gasteiger partial charge is 0.341 e. The first kappa shape index (κ1) is 22.6. The number of nitrogens with one attached hydrogen (secondary N) is 1. The summed E-state index contributed by atoms with van der Waals surface area (Å²) < 4.78 is 6.14. The predicted molar refractivity (Wildman–Crippen MR) is 128 cm³/mol. The monoisotopic (exact) mass is 523 g/mol. The highest BCUT2D eigenvalue weighted by molar-refractivity contribution is 9.10. The molecule has 4 nitrogen and oxygen atoms in total. The van der Waals surface area contributed by atoms with Gasteiger partial charge >= 0.3 is 5.97 Å². The molecule has 0 fully saturated rings. The molecule has 0 aliphatic rings. The zero-order valence-electron chi connectivity index (χ0n) is 15.7. The minimum Gasteiger partial charge on any atom is -0.462 e. The largest absolute Gasteiger partial charge is 0.462 e. The molecule has 1 amide bonds. The lowest BCUT2D eigenvalue weighted by atomic mass is 10.0. The first-order valence-electron chi connectivity index (χ1n) is 8.87. The Morgan fingerprint density at radius 3 is 2.53 bits per heavy atom. The van der Waals surface area contributed by atoms with Gasteiger partial charge in [-0.25, -0.2) is 4.79 Å². The van der Waals surface area contributed by atoms with E-state index >= 15 is 0 Å². The molecule has 0 aliphatic heterocycles. The fraction of sp³-hybridized carbons (Fsp3) is 0.0909. The molecular formula is C22H16BrCl2NO3S. The molecule has 0 saturated carbocycles. The molecule has 30 heavy (non-hydrogen) atoms. The molecule has 0 aliphatic carbocycles. The normalized spacial score (nSPS) is 10.9. The molecule has 3 aromatic rings. The summed E-state index contributed by atoms with van der Waals surface area (Å²) in [6.07, 6.45) is 2.98. The molecule has 1 N–H and O–H groups in total. The van der Waals surface area contributed by atoms with Crippen molar-refractivity contribution >= 4 is 73.4 Å². The number of benzene rings is 2. The van der Waals surface area contributed by atoms with Crippen LogP contribution in [0.4, 0.5) is 5.00 Å². The zero-order chi connectivity index (χ0) is 21.7. The molecule has 0 radical (unpaired) electrons. The SMILES string of the molecule is CCOC(=O)c1c(-c2ccc(Br)cc2)csc1NC(=O)C=Cc1ccc(Cl)c(Cl)c1. The van der Waals surface area contributed by atoms with Gasteiger partial charge in [-0.05, 0) is 48.4 Å². The Morgan fingerprint density at radius 1 is 1.13 bits per heavy atom. The first-order chi connectivity index (χ1) is 14.4. The minimum absolute atomic E-state index is 0.235. The van der Waals surface area contributed by atoms with E-state index in [9.17, 15) is 9.59 Å². The lowest BCUT2D eigenvalue weighted by Gasteiger charge is -2.08. The van der Waals surface area contributed by atoms with Crippen molar-refractivity contribution in [3.05, 3.63) is 79.6 Å². The molecule has 2 aromatic carbocycles. The highest BCUT2D eigenvalue weighted by Gasteiger charge is 2.22. The van der Waals surface area contributed by atoms with Crippen LogP contribution in [0.5, 0.6) is 0 Å². The van der Waals surface area contributed by atoms with E-state index in [0.29, 0.717) is 26.2 Å². The number of thiophene rings is 1.